The van der Waals surface area contributed by atoms with Gasteiger partial charge in [0.05, 0.1) is 11.6 Å². The van der Waals surface area contributed by atoms with Crippen LogP contribution in [0.15, 0.2) is 42.6 Å². The van der Waals surface area contributed by atoms with Crippen LogP contribution < -0.4 is 9.72 Å². The van der Waals surface area contributed by atoms with Crippen molar-refractivity contribution in [2.24, 2.45) is 0 Å². The summed E-state index contributed by atoms with van der Waals surface area (Å²) in [5.41, 5.74) is -0.0697. The van der Waals surface area contributed by atoms with Crippen molar-refractivity contribution in [2.45, 2.75) is 6.61 Å². The van der Waals surface area contributed by atoms with Gasteiger partial charge in [0.15, 0.2) is 6.20 Å². The number of hydrogen-bond donors (Lipinski definition) is 0. The Hall–Kier alpha value is -1.97. The fourth-order valence-corrected chi connectivity index (χ4v) is 1.29. The maximum Gasteiger partial charge on any atom is 0.366 e. The fourth-order valence-electron chi connectivity index (χ4n) is 1.29. The van der Waals surface area contributed by atoms with E-state index in [1.54, 1.807) is 24.4 Å². The average Bonchev–Trinajstić information content (AvgIpc) is 2.30. The maximum absolute atomic E-state index is 13.2. The second-order valence-corrected chi connectivity index (χ2v) is 3.22. The zero-order chi connectivity index (χ0) is 11.4. The number of ether oxygens (including phenoxy) is 1. The van der Waals surface area contributed by atoms with Crippen LogP contribution in [0.1, 0.15) is 5.56 Å². The smallest absolute Gasteiger partial charge is 0.366 e. The largest absolute Gasteiger partial charge is 0.439 e. The minimum atomic E-state index is -0.601. The lowest BCUT2D eigenvalue weighted by molar-refractivity contribution is -0.395. The van der Waals surface area contributed by atoms with Gasteiger partial charge in [-0.1, -0.05) is 6.07 Å². The van der Waals surface area contributed by atoms with E-state index in [0.29, 0.717) is 5.88 Å². The third kappa shape index (κ3) is 2.34. The Morgan fingerprint density at radius 1 is 1.00 bits per heavy atom. The second kappa shape index (κ2) is 4.70. The zero-order valence-corrected chi connectivity index (χ0v) is 8.41. The fraction of sp³-hybridized carbons (Fsp3) is 0.0833. The predicted octanol–water partition coefficient (Wildman–Crippen LogP) is 2.36. The van der Waals surface area contributed by atoms with Gasteiger partial charge in [0, 0.05) is 6.07 Å². The molecule has 0 amide bonds. The number of aromatic amines is 1. The summed E-state index contributed by atoms with van der Waals surface area (Å²) in [6.07, 6.45) is 1.67. The van der Waals surface area contributed by atoms with Gasteiger partial charge in [-0.25, -0.2) is 8.78 Å². The van der Waals surface area contributed by atoms with Crippen LogP contribution in [0.3, 0.4) is 0 Å². The van der Waals surface area contributed by atoms with Crippen molar-refractivity contribution < 1.29 is 18.5 Å². The number of H-pyrrole nitrogens is 1. The van der Waals surface area contributed by atoms with Gasteiger partial charge in [-0.3, -0.25) is 0 Å². The zero-order valence-electron chi connectivity index (χ0n) is 8.41. The van der Waals surface area contributed by atoms with Gasteiger partial charge in [-0.05, 0) is 18.2 Å². The maximum atomic E-state index is 13.2. The summed E-state index contributed by atoms with van der Waals surface area (Å²) in [6.45, 7) is -0.140. The highest BCUT2D eigenvalue weighted by Gasteiger charge is 2.10. The Balaban J connectivity index is 2.11. The molecule has 2 nitrogen and oxygen atoms in total. The van der Waals surface area contributed by atoms with E-state index in [2.05, 4.69) is 4.98 Å². The van der Waals surface area contributed by atoms with Gasteiger partial charge in [-0.15, -0.1) is 0 Å². The summed E-state index contributed by atoms with van der Waals surface area (Å²) < 4.78 is 31.7. The molecule has 1 heterocycles. The van der Waals surface area contributed by atoms with Crippen LogP contribution in [0.2, 0.25) is 0 Å². The summed E-state index contributed by atoms with van der Waals surface area (Å²) in [6, 6.07) is 8.97. The molecule has 0 bridgehead atoms. The number of benzene rings is 1. The molecular weight excluding hydrogens is 212 g/mol. The topological polar surface area (TPSA) is 23.4 Å². The molecule has 2 rings (SSSR count). The number of nitrogens with one attached hydrogen (secondary N) is 1. The van der Waals surface area contributed by atoms with E-state index in [-0.39, 0.29) is 12.2 Å². The summed E-state index contributed by atoms with van der Waals surface area (Å²) >= 11 is 0. The molecule has 4 heteroatoms. The highest BCUT2D eigenvalue weighted by Crippen LogP contribution is 2.13. The molecule has 0 saturated heterocycles. The highest BCUT2D eigenvalue weighted by atomic mass is 19.1. The van der Waals surface area contributed by atoms with E-state index < -0.39 is 11.6 Å². The van der Waals surface area contributed by atoms with Crippen molar-refractivity contribution in [1.82, 2.24) is 0 Å². The van der Waals surface area contributed by atoms with Crippen molar-refractivity contribution >= 4 is 0 Å². The molecule has 0 saturated carbocycles. The Labute approximate surface area is 91.5 Å². The van der Waals surface area contributed by atoms with Crippen LogP contribution in [-0.2, 0) is 6.61 Å². The molecule has 0 atom stereocenters. The van der Waals surface area contributed by atoms with E-state index in [9.17, 15) is 8.78 Å². The second-order valence-electron chi connectivity index (χ2n) is 3.22. The van der Waals surface area contributed by atoms with Gasteiger partial charge in [-0.2, -0.15) is 4.98 Å². The summed E-state index contributed by atoms with van der Waals surface area (Å²) in [4.78, 5) is 2.81. The summed E-state index contributed by atoms with van der Waals surface area (Å²) in [7, 11) is 0. The first-order valence-electron chi connectivity index (χ1n) is 4.80. The summed E-state index contributed by atoms with van der Waals surface area (Å²) in [5, 5.41) is 0. The first-order chi connectivity index (χ1) is 7.77. The van der Waals surface area contributed by atoms with Crippen LogP contribution in [0.4, 0.5) is 8.78 Å². The molecule has 0 aliphatic carbocycles. The molecule has 0 radical (unpaired) electrons. The molecule has 82 valence electrons. The van der Waals surface area contributed by atoms with Crippen LogP contribution in [0.25, 0.3) is 0 Å². The molecule has 0 fully saturated rings. The standard InChI is InChI=1S/C12H9F2NO/c13-10-4-3-5-11(14)9(10)8-16-12-6-1-2-7-15-12/h1-7H,8H2/p+1. The van der Waals surface area contributed by atoms with E-state index in [1.165, 1.54) is 18.2 Å². The highest BCUT2D eigenvalue weighted by molar-refractivity contribution is 5.19. The molecule has 0 aliphatic heterocycles. The van der Waals surface area contributed by atoms with Crippen LogP contribution >= 0.6 is 0 Å². The minimum Gasteiger partial charge on any atom is -0.439 e. The Bertz CT molecular complexity index is 453. The predicted molar refractivity (Wildman–Crippen MR) is 53.7 cm³/mol. The number of hydrogen-bond acceptors (Lipinski definition) is 1. The number of aromatic nitrogens is 1. The van der Waals surface area contributed by atoms with Crippen molar-refractivity contribution in [2.75, 3.05) is 0 Å². The first kappa shape index (κ1) is 10.5. The van der Waals surface area contributed by atoms with Gasteiger partial charge in [0.25, 0.3) is 0 Å². The third-order valence-electron chi connectivity index (χ3n) is 2.11. The van der Waals surface area contributed by atoms with Crippen molar-refractivity contribution in [3.8, 4) is 5.88 Å². The van der Waals surface area contributed by atoms with Gasteiger partial charge in [0.2, 0.25) is 0 Å². The lowest BCUT2D eigenvalue weighted by Gasteiger charge is -2.04. The van der Waals surface area contributed by atoms with Crippen molar-refractivity contribution in [3.63, 3.8) is 0 Å². The molecule has 0 unspecified atom stereocenters. The van der Waals surface area contributed by atoms with E-state index >= 15 is 0 Å². The Morgan fingerprint density at radius 3 is 2.38 bits per heavy atom. The SMILES string of the molecule is Fc1cccc(F)c1COc1cccc[nH+]1. The molecule has 1 aromatic heterocycles. The van der Waals surface area contributed by atoms with Crippen LogP contribution in [-0.4, -0.2) is 0 Å². The van der Waals surface area contributed by atoms with E-state index in [0.717, 1.165) is 0 Å². The normalized spacial score (nSPS) is 10.1. The van der Waals surface area contributed by atoms with Gasteiger partial charge in [0.1, 0.15) is 18.2 Å². The average molecular weight is 222 g/mol. The molecule has 0 aliphatic rings. The monoisotopic (exact) mass is 222 g/mol. The first-order valence-corrected chi connectivity index (χ1v) is 4.80. The lowest BCUT2D eigenvalue weighted by atomic mass is 10.2. The van der Waals surface area contributed by atoms with Gasteiger partial charge < -0.3 is 4.74 Å². The van der Waals surface area contributed by atoms with E-state index in [4.69, 9.17) is 4.74 Å². The Morgan fingerprint density at radius 2 is 1.75 bits per heavy atom. The molecule has 0 spiro atoms. The van der Waals surface area contributed by atoms with Crippen molar-refractivity contribution in [1.29, 1.82) is 0 Å². The number of pyridine rings is 1. The summed E-state index contributed by atoms with van der Waals surface area (Å²) in [5.74, 6) is -0.739. The molecule has 1 aromatic carbocycles. The quantitative estimate of drug-likeness (QED) is 0.781. The molecule has 16 heavy (non-hydrogen) atoms. The van der Waals surface area contributed by atoms with E-state index in [1.807, 2.05) is 0 Å². The van der Waals surface area contributed by atoms with Crippen LogP contribution in [0.5, 0.6) is 5.88 Å². The minimum absolute atomic E-state index is 0.0697. The Kier molecular flexibility index (Phi) is 3.10. The lowest BCUT2D eigenvalue weighted by Crippen LogP contribution is -2.10. The molecule has 1 N–H and O–H groups in total. The third-order valence-corrected chi connectivity index (χ3v) is 2.11. The van der Waals surface area contributed by atoms with Crippen molar-refractivity contribution in [3.05, 3.63) is 59.8 Å². The number of rotatable bonds is 3. The molecule has 2 aromatic rings. The van der Waals surface area contributed by atoms with Gasteiger partial charge >= 0.3 is 5.88 Å². The molecular formula is C12H10F2NO+. The number of halogens is 2. The van der Waals surface area contributed by atoms with Crippen LogP contribution in [0, 0.1) is 11.6 Å².